The van der Waals surface area contributed by atoms with Gasteiger partial charge in [0.05, 0.1) is 0 Å². The van der Waals surface area contributed by atoms with E-state index >= 15 is 0 Å². The van der Waals surface area contributed by atoms with Gasteiger partial charge in [0.1, 0.15) is 0 Å². The van der Waals surface area contributed by atoms with Crippen LogP contribution in [0.1, 0.15) is 12.5 Å². The Kier molecular flexibility index (Phi) is 1.42. The second-order valence-electron chi connectivity index (χ2n) is 2.61. The summed E-state index contributed by atoms with van der Waals surface area (Å²) in [5.41, 5.74) is 2.47. The molecular formula is C10H10N. The fourth-order valence-electron chi connectivity index (χ4n) is 1.25. The van der Waals surface area contributed by atoms with Crippen LogP contribution in [0.2, 0.25) is 0 Å². The van der Waals surface area contributed by atoms with Crippen molar-refractivity contribution in [3.63, 3.8) is 0 Å². The average Bonchev–Trinajstić information content (AvgIpc) is 2.50. The summed E-state index contributed by atoms with van der Waals surface area (Å²) in [4.78, 5) is 3.17. The lowest BCUT2D eigenvalue weighted by Gasteiger charge is -1.94. The van der Waals surface area contributed by atoms with Gasteiger partial charge in [-0.25, -0.2) is 0 Å². The zero-order chi connectivity index (χ0) is 7.68. The van der Waals surface area contributed by atoms with Crippen molar-refractivity contribution in [1.82, 2.24) is 4.98 Å². The fraction of sp³-hybridized carbons (Fsp3) is 0.100. The third-order valence-electron chi connectivity index (χ3n) is 1.91. The minimum atomic E-state index is 1.21. The number of hydrogen-bond acceptors (Lipinski definition) is 0. The van der Waals surface area contributed by atoms with Crippen LogP contribution in [0.3, 0.4) is 0 Å². The number of hydrogen-bond donors (Lipinski definition) is 1. The van der Waals surface area contributed by atoms with Crippen molar-refractivity contribution in [2.45, 2.75) is 6.92 Å². The molecule has 11 heavy (non-hydrogen) atoms. The second-order valence-corrected chi connectivity index (χ2v) is 2.61. The standard InChI is InChI=1S/C10H10N/c1-2-8-3-4-9-5-6-11-10(9)7-8/h2-7,11H,1H3. The summed E-state index contributed by atoms with van der Waals surface area (Å²) in [5.74, 6) is 0. The summed E-state index contributed by atoms with van der Waals surface area (Å²) in [6, 6.07) is 8.47. The van der Waals surface area contributed by atoms with Gasteiger partial charge in [0.25, 0.3) is 0 Å². The van der Waals surface area contributed by atoms with Gasteiger partial charge in [-0.05, 0) is 29.5 Å². The molecule has 0 atom stereocenters. The lowest BCUT2D eigenvalue weighted by atomic mass is 10.1. The van der Waals surface area contributed by atoms with Gasteiger partial charge in [-0.2, -0.15) is 0 Å². The molecule has 0 saturated heterocycles. The summed E-state index contributed by atoms with van der Waals surface area (Å²) in [6.07, 6.45) is 4.06. The van der Waals surface area contributed by atoms with Crippen molar-refractivity contribution < 1.29 is 0 Å². The van der Waals surface area contributed by atoms with Crippen molar-refractivity contribution in [2.75, 3.05) is 0 Å². The van der Waals surface area contributed by atoms with Crippen molar-refractivity contribution >= 4 is 10.9 Å². The Labute approximate surface area is 66.1 Å². The Hall–Kier alpha value is -1.24. The quantitative estimate of drug-likeness (QED) is 0.633. The smallest absolute Gasteiger partial charge is 0.0456 e. The lowest BCUT2D eigenvalue weighted by molar-refractivity contribution is 1.42. The summed E-state index contributed by atoms with van der Waals surface area (Å²) in [7, 11) is 0. The van der Waals surface area contributed by atoms with Gasteiger partial charge < -0.3 is 4.98 Å². The van der Waals surface area contributed by atoms with Gasteiger partial charge in [0.15, 0.2) is 0 Å². The molecular weight excluding hydrogens is 134 g/mol. The minimum Gasteiger partial charge on any atom is -0.361 e. The number of aromatic amines is 1. The van der Waals surface area contributed by atoms with Crippen LogP contribution in [0.25, 0.3) is 10.9 Å². The molecule has 2 aromatic rings. The number of benzene rings is 1. The van der Waals surface area contributed by atoms with E-state index in [1.54, 1.807) is 0 Å². The highest BCUT2D eigenvalue weighted by molar-refractivity contribution is 5.80. The molecule has 0 spiro atoms. The molecule has 1 heteroatoms. The molecule has 0 amide bonds. The van der Waals surface area contributed by atoms with E-state index in [-0.39, 0.29) is 0 Å². The maximum atomic E-state index is 3.17. The van der Waals surface area contributed by atoms with Crippen molar-refractivity contribution in [2.24, 2.45) is 0 Å². The average molecular weight is 144 g/mol. The normalized spacial score (nSPS) is 10.6. The number of fused-ring (bicyclic) bond motifs is 1. The summed E-state index contributed by atoms with van der Waals surface area (Å²) in [6.45, 7) is 2.05. The zero-order valence-electron chi connectivity index (χ0n) is 6.46. The Bertz CT molecular complexity index is 360. The second kappa shape index (κ2) is 2.42. The van der Waals surface area contributed by atoms with Gasteiger partial charge in [0.2, 0.25) is 0 Å². The van der Waals surface area contributed by atoms with Gasteiger partial charge in [-0.15, -0.1) is 0 Å². The molecule has 1 N–H and O–H groups in total. The number of H-pyrrole nitrogens is 1. The minimum absolute atomic E-state index is 1.21. The number of nitrogens with one attached hydrogen (secondary N) is 1. The first-order valence-corrected chi connectivity index (χ1v) is 3.76. The summed E-state index contributed by atoms with van der Waals surface area (Å²) < 4.78 is 0. The molecule has 0 bridgehead atoms. The Balaban J connectivity index is 2.67. The van der Waals surface area contributed by atoms with Crippen molar-refractivity contribution in [1.29, 1.82) is 0 Å². The maximum Gasteiger partial charge on any atom is 0.0456 e. The van der Waals surface area contributed by atoms with Crippen LogP contribution in [-0.4, -0.2) is 4.98 Å². The van der Waals surface area contributed by atoms with Crippen LogP contribution in [0.15, 0.2) is 30.5 Å². The lowest BCUT2D eigenvalue weighted by Crippen LogP contribution is -1.75. The molecule has 0 saturated carbocycles. The number of rotatable bonds is 1. The molecule has 1 radical (unpaired) electrons. The van der Waals surface area contributed by atoms with Crippen LogP contribution in [0.5, 0.6) is 0 Å². The van der Waals surface area contributed by atoms with E-state index in [0.717, 1.165) is 0 Å². The van der Waals surface area contributed by atoms with Gasteiger partial charge in [-0.3, -0.25) is 0 Å². The fourth-order valence-corrected chi connectivity index (χ4v) is 1.25. The molecule has 1 heterocycles. The molecule has 0 aliphatic heterocycles. The molecule has 0 unspecified atom stereocenters. The van der Waals surface area contributed by atoms with E-state index in [1.807, 2.05) is 13.1 Å². The first-order chi connectivity index (χ1) is 5.40. The Morgan fingerprint density at radius 3 is 3.00 bits per heavy atom. The Morgan fingerprint density at radius 2 is 2.18 bits per heavy atom. The predicted octanol–water partition coefficient (Wildman–Crippen LogP) is 2.74. The molecule has 2 rings (SSSR count). The molecule has 0 aliphatic carbocycles. The maximum absolute atomic E-state index is 3.17. The highest BCUT2D eigenvalue weighted by Crippen LogP contribution is 2.14. The SMILES string of the molecule is C[CH]c1ccc2cc[nH]c2c1. The molecule has 0 aliphatic rings. The van der Waals surface area contributed by atoms with Gasteiger partial charge in [-0.1, -0.05) is 19.1 Å². The number of aromatic nitrogens is 1. The van der Waals surface area contributed by atoms with E-state index in [4.69, 9.17) is 0 Å². The first kappa shape index (κ1) is 6.47. The molecule has 55 valence electrons. The topological polar surface area (TPSA) is 15.8 Å². The molecule has 1 aromatic heterocycles. The molecule has 0 fully saturated rings. The van der Waals surface area contributed by atoms with E-state index in [0.29, 0.717) is 0 Å². The van der Waals surface area contributed by atoms with Gasteiger partial charge in [0, 0.05) is 11.7 Å². The van der Waals surface area contributed by atoms with Crippen LogP contribution in [0.4, 0.5) is 0 Å². The van der Waals surface area contributed by atoms with E-state index < -0.39 is 0 Å². The van der Waals surface area contributed by atoms with Crippen LogP contribution < -0.4 is 0 Å². The summed E-state index contributed by atoms with van der Waals surface area (Å²) >= 11 is 0. The largest absolute Gasteiger partial charge is 0.361 e. The van der Waals surface area contributed by atoms with Gasteiger partial charge >= 0.3 is 0 Å². The molecule has 1 aromatic carbocycles. The molecule has 1 nitrogen and oxygen atoms in total. The highest BCUT2D eigenvalue weighted by atomic mass is 14.7. The van der Waals surface area contributed by atoms with Crippen LogP contribution >= 0.6 is 0 Å². The third-order valence-corrected chi connectivity index (χ3v) is 1.91. The van der Waals surface area contributed by atoms with Crippen molar-refractivity contribution in [3.8, 4) is 0 Å². The highest BCUT2D eigenvalue weighted by Gasteiger charge is 1.93. The third kappa shape index (κ3) is 1.03. The van der Waals surface area contributed by atoms with E-state index in [1.165, 1.54) is 16.5 Å². The summed E-state index contributed by atoms with van der Waals surface area (Å²) in [5, 5.41) is 1.27. The monoisotopic (exact) mass is 144 g/mol. The van der Waals surface area contributed by atoms with Crippen LogP contribution in [-0.2, 0) is 0 Å². The van der Waals surface area contributed by atoms with Crippen LogP contribution in [0, 0.1) is 6.42 Å². The Morgan fingerprint density at radius 1 is 1.27 bits per heavy atom. The first-order valence-electron chi connectivity index (χ1n) is 3.76. The zero-order valence-corrected chi connectivity index (χ0v) is 6.46. The van der Waals surface area contributed by atoms with Crippen molar-refractivity contribution in [3.05, 3.63) is 42.4 Å². The predicted molar refractivity (Wildman–Crippen MR) is 47.4 cm³/mol. The van der Waals surface area contributed by atoms with E-state index in [2.05, 4.69) is 35.7 Å². The van der Waals surface area contributed by atoms with E-state index in [9.17, 15) is 0 Å².